The molecule has 84 valence electrons. The van der Waals surface area contributed by atoms with Gasteiger partial charge in [-0.25, -0.2) is 4.98 Å². The zero-order chi connectivity index (χ0) is 11.4. The molecule has 0 fully saturated rings. The van der Waals surface area contributed by atoms with Crippen molar-refractivity contribution in [2.75, 3.05) is 11.9 Å². The van der Waals surface area contributed by atoms with Crippen molar-refractivity contribution < 1.29 is 0 Å². The molecule has 0 spiro atoms. The lowest BCUT2D eigenvalue weighted by molar-refractivity contribution is 0.979. The fraction of sp³-hybridized carbons (Fsp3) is 0.333. The van der Waals surface area contributed by atoms with Gasteiger partial charge in [-0.1, -0.05) is 19.1 Å². The first kappa shape index (κ1) is 10.7. The highest BCUT2D eigenvalue weighted by Crippen LogP contribution is 2.24. The van der Waals surface area contributed by atoms with E-state index in [0.29, 0.717) is 0 Å². The molecule has 0 amide bonds. The standard InChI is InChI=1S/C12H16N4/c1-3-8-13-11-7-5-4-6-10(11)12-14-9(2)15-16-12/h4-7,13H,3,8H2,1-2H3,(H,14,15,16). The van der Waals surface area contributed by atoms with Crippen molar-refractivity contribution >= 4 is 5.69 Å². The number of aromatic nitrogens is 3. The Labute approximate surface area is 95.1 Å². The van der Waals surface area contributed by atoms with Crippen LogP contribution in [0.1, 0.15) is 19.2 Å². The quantitative estimate of drug-likeness (QED) is 0.826. The molecule has 4 nitrogen and oxygen atoms in total. The lowest BCUT2D eigenvalue weighted by Crippen LogP contribution is -2.01. The number of H-pyrrole nitrogens is 1. The van der Waals surface area contributed by atoms with Gasteiger partial charge in [-0.3, -0.25) is 5.10 Å². The Kier molecular flexibility index (Phi) is 3.19. The topological polar surface area (TPSA) is 53.6 Å². The fourth-order valence-corrected chi connectivity index (χ4v) is 1.56. The molecule has 1 aromatic carbocycles. The number of aromatic amines is 1. The molecule has 0 aliphatic rings. The average molecular weight is 216 g/mol. The van der Waals surface area contributed by atoms with Crippen LogP contribution in [0.4, 0.5) is 5.69 Å². The molecule has 1 aromatic heterocycles. The summed E-state index contributed by atoms with van der Waals surface area (Å²) in [6.07, 6.45) is 1.10. The summed E-state index contributed by atoms with van der Waals surface area (Å²) in [7, 11) is 0. The highest BCUT2D eigenvalue weighted by Gasteiger charge is 2.07. The van der Waals surface area contributed by atoms with Crippen molar-refractivity contribution in [2.24, 2.45) is 0 Å². The third-order valence-corrected chi connectivity index (χ3v) is 2.33. The summed E-state index contributed by atoms with van der Waals surface area (Å²) in [5.41, 5.74) is 2.13. The molecule has 0 aliphatic heterocycles. The molecule has 0 unspecified atom stereocenters. The second-order valence-corrected chi connectivity index (χ2v) is 3.72. The minimum atomic E-state index is 0.747. The van der Waals surface area contributed by atoms with Crippen molar-refractivity contribution in [3.63, 3.8) is 0 Å². The smallest absolute Gasteiger partial charge is 0.183 e. The lowest BCUT2D eigenvalue weighted by Gasteiger charge is -2.08. The molecule has 0 saturated heterocycles. The maximum atomic E-state index is 4.34. The summed E-state index contributed by atoms with van der Waals surface area (Å²) >= 11 is 0. The van der Waals surface area contributed by atoms with Gasteiger partial charge in [-0.2, -0.15) is 5.10 Å². The molecular weight excluding hydrogens is 200 g/mol. The Morgan fingerprint density at radius 2 is 2.12 bits per heavy atom. The van der Waals surface area contributed by atoms with E-state index in [2.05, 4.69) is 33.5 Å². The first-order valence-corrected chi connectivity index (χ1v) is 5.53. The SMILES string of the molecule is CCCNc1ccccc1-c1n[nH]c(C)n1. The fourth-order valence-electron chi connectivity index (χ4n) is 1.56. The lowest BCUT2D eigenvalue weighted by atomic mass is 10.1. The van der Waals surface area contributed by atoms with Gasteiger partial charge in [0.2, 0.25) is 0 Å². The van der Waals surface area contributed by atoms with E-state index in [1.54, 1.807) is 0 Å². The van der Waals surface area contributed by atoms with Gasteiger partial charge in [0, 0.05) is 17.8 Å². The van der Waals surface area contributed by atoms with Crippen LogP contribution in [-0.2, 0) is 0 Å². The Morgan fingerprint density at radius 1 is 1.31 bits per heavy atom. The van der Waals surface area contributed by atoms with Crippen molar-refractivity contribution in [1.82, 2.24) is 15.2 Å². The zero-order valence-electron chi connectivity index (χ0n) is 9.62. The molecule has 1 heterocycles. The zero-order valence-corrected chi connectivity index (χ0v) is 9.62. The van der Waals surface area contributed by atoms with Crippen LogP contribution in [0.15, 0.2) is 24.3 Å². The predicted molar refractivity (Wildman–Crippen MR) is 65.3 cm³/mol. The van der Waals surface area contributed by atoms with Gasteiger partial charge < -0.3 is 5.32 Å². The van der Waals surface area contributed by atoms with E-state index in [9.17, 15) is 0 Å². The molecule has 0 atom stereocenters. The van der Waals surface area contributed by atoms with E-state index in [4.69, 9.17) is 0 Å². The van der Waals surface area contributed by atoms with Crippen LogP contribution in [0.3, 0.4) is 0 Å². The van der Waals surface area contributed by atoms with Crippen molar-refractivity contribution in [3.05, 3.63) is 30.1 Å². The monoisotopic (exact) mass is 216 g/mol. The number of nitrogens with one attached hydrogen (secondary N) is 2. The van der Waals surface area contributed by atoms with Gasteiger partial charge in [-0.05, 0) is 25.5 Å². The molecule has 2 aromatic rings. The van der Waals surface area contributed by atoms with E-state index in [-0.39, 0.29) is 0 Å². The second-order valence-electron chi connectivity index (χ2n) is 3.72. The molecule has 16 heavy (non-hydrogen) atoms. The maximum absolute atomic E-state index is 4.34. The van der Waals surface area contributed by atoms with Gasteiger partial charge in [0.25, 0.3) is 0 Å². The summed E-state index contributed by atoms with van der Waals surface area (Å²) in [5.74, 6) is 1.58. The number of hydrogen-bond donors (Lipinski definition) is 2. The van der Waals surface area contributed by atoms with E-state index < -0.39 is 0 Å². The van der Waals surface area contributed by atoms with Gasteiger partial charge in [0.15, 0.2) is 5.82 Å². The molecule has 2 rings (SSSR count). The van der Waals surface area contributed by atoms with E-state index in [1.807, 2.05) is 25.1 Å². The second kappa shape index (κ2) is 4.79. The predicted octanol–water partition coefficient (Wildman–Crippen LogP) is 2.60. The van der Waals surface area contributed by atoms with E-state index in [1.165, 1.54) is 0 Å². The van der Waals surface area contributed by atoms with E-state index in [0.717, 1.165) is 35.9 Å². The Morgan fingerprint density at radius 3 is 2.81 bits per heavy atom. The molecule has 2 N–H and O–H groups in total. The van der Waals surface area contributed by atoms with Gasteiger partial charge in [0.1, 0.15) is 5.82 Å². The average Bonchev–Trinajstić information content (AvgIpc) is 2.73. The number of aryl methyl sites for hydroxylation is 1. The summed E-state index contributed by atoms with van der Waals surface area (Å²) in [5, 5.41) is 10.4. The van der Waals surface area contributed by atoms with Crippen molar-refractivity contribution in [3.8, 4) is 11.4 Å². The molecule has 0 aliphatic carbocycles. The van der Waals surface area contributed by atoms with Crippen LogP contribution >= 0.6 is 0 Å². The van der Waals surface area contributed by atoms with Crippen LogP contribution in [0.2, 0.25) is 0 Å². The Hall–Kier alpha value is -1.84. The molecule has 4 heteroatoms. The highest BCUT2D eigenvalue weighted by molar-refractivity contribution is 5.73. The van der Waals surface area contributed by atoms with Crippen LogP contribution < -0.4 is 5.32 Å². The summed E-state index contributed by atoms with van der Waals surface area (Å²) < 4.78 is 0. The van der Waals surface area contributed by atoms with Crippen LogP contribution in [0, 0.1) is 6.92 Å². The number of nitrogens with zero attached hydrogens (tertiary/aromatic N) is 2. The number of hydrogen-bond acceptors (Lipinski definition) is 3. The first-order chi connectivity index (χ1) is 7.81. The first-order valence-electron chi connectivity index (χ1n) is 5.53. The minimum absolute atomic E-state index is 0.747. The number of benzene rings is 1. The number of rotatable bonds is 4. The minimum Gasteiger partial charge on any atom is -0.384 e. The number of para-hydroxylation sites is 1. The Bertz CT molecular complexity index is 462. The van der Waals surface area contributed by atoms with Crippen LogP contribution in [0.5, 0.6) is 0 Å². The summed E-state index contributed by atoms with van der Waals surface area (Å²) in [6, 6.07) is 8.09. The van der Waals surface area contributed by atoms with E-state index >= 15 is 0 Å². The van der Waals surface area contributed by atoms with Crippen LogP contribution in [0.25, 0.3) is 11.4 Å². The Balaban J connectivity index is 2.32. The van der Waals surface area contributed by atoms with Crippen molar-refractivity contribution in [1.29, 1.82) is 0 Å². The normalized spacial score (nSPS) is 10.4. The number of anilines is 1. The maximum Gasteiger partial charge on any atom is 0.183 e. The molecular formula is C12H16N4. The molecule has 0 saturated carbocycles. The largest absolute Gasteiger partial charge is 0.384 e. The third-order valence-electron chi connectivity index (χ3n) is 2.33. The van der Waals surface area contributed by atoms with Crippen LogP contribution in [-0.4, -0.2) is 21.7 Å². The van der Waals surface area contributed by atoms with Crippen molar-refractivity contribution in [2.45, 2.75) is 20.3 Å². The van der Waals surface area contributed by atoms with Gasteiger partial charge in [-0.15, -0.1) is 0 Å². The highest BCUT2D eigenvalue weighted by atomic mass is 15.2. The summed E-state index contributed by atoms with van der Waals surface area (Å²) in [6.45, 7) is 5.01. The summed E-state index contributed by atoms with van der Waals surface area (Å²) in [4.78, 5) is 4.34. The third kappa shape index (κ3) is 2.21. The molecule has 0 bridgehead atoms. The molecule has 0 radical (unpaired) electrons. The van der Waals surface area contributed by atoms with Gasteiger partial charge in [0.05, 0.1) is 0 Å². The van der Waals surface area contributed by atoms with Gasteiger partial charge >= 0.3 is 0 Å².